The Balaban J connectivity index is 1.86. The van der Waals surface area contributed by atoms with Crippen molar-refractivity contribution in [1.29, 1.82) is 0 Å². The molecule has 3 nitrogen and oxygen atoms in total. The molecule has 1 N–H and O–H groups in total. The Bertz CT molecular complexity index is 216. The second kappa shape index (κ2) is 5.48. The molecule has 0 aromatic carbocycles. The lowest BCUT2D eigenvalue weighted by Gasteiger charge is -2.31. The smallest absolute Gasteiger partial charge is 0.0718 e. The Labute approximate surface area is 98.8 Å². The van der Waals surface area contributed by atoms with Crippen LogP contribution in [0.5, 0.6) is 0 Å². The van der Waals surface area contributed by atoms with Crippen molar-refractivity contribution in [3.05, 3.63) is 0 Å². The van der Waals surface area contributed by atoms with E-state index in [1.165, 1.54) is 19.3 Å². The Morgan fingerprint density at radius 3 is 2.81 bits per heavy atom. The van der Waals surface area contributed by atoms with Crippen molar-refractivity contribution in [1.82, 2.24) is 4.90 Å². The van der Waals surface area contributed by atoms with E-state index in [1.54, 1.807) is 0 Å². The highest BCUT2D eigenvalue weighted by Gasteiger charge is 2.33. The van der Waals surface area contributed by atoms with E-state index in [4.69, 9.17) is 4.74 Å². The highest BCUT2D eigenvalue weighted by molar-refractivity contribution is 4.87. The normalized spacial score (nSPS) is 38.1. The lowest BCUT2D eigenvalue weighted by Crippen LogP contribution is -2.42. The van der Waals surface area contributed by atoms with Gasteiger partial charge in [0.1, 0.15) is 0 Å². The number of aliphatic hydroxyl groups excluding tert-OH is 1. The van der Waals surface area contributed by atoms with Crippen molar-refractivity contribution in [2.75, 3.05) is 19.8 Å². The van der Waals surface area contributed by atoms with E-state index in [9.17, 15) is 5.11 Å². The van der Waals surface area contributed by atoms with Gasteiger partial charge < -0.3 is 9.84 Å². The SMILES string of the molecule is CCC1CCC(C)N1CC(O)C1CCOC1. The minimum absolute atomic E-state index is 0.197. The zero-order valence-electron chi connectivity index (χ0n) is 10.6. The van der Waals surface area contributed by atoms with Gasteiger partial charge in [-0.1, -0.05) is 6.92 Å². The minimum Gasteiger partial charge on any atom is -0.391 e. The minimum atomic E-state index is -0.197. The average Bonchev–Trinajstić information content (AvgIpc) is 2.89. The summed E-state index contributed by atoms with van der Waals surface area (Å²) in [6, 6.07) is 1.33. The van der Waals surface area contributed by atoms with E-state index in [1.807, 2.05) is 0 Å². The second-order valence-electron chi connectivity index (χ2n) is 5.38. The number of hydrogen-bond donors (Lipinski definition) is 1. The summed E-state index contributed by atoms with van der Waals surface area (Å²) in [7, 11) is 0. The van der Waals surface area contributed by atoms with Gasteiger partial charge in [-0.05, 0) is 32.6 Å². The van der Waals surface area contributed by atoms with Gasteiger partial charge in [-0.25, -0.2) is 0 Å². The third-order valence-corrected chi connectivity index (χ3v) is 4.33. The fraction of sp³-hybridized carbons (Fsp3) is 1.00. The first-order chi connectivity index (χ1) is 7.72. The fourth-order valence-electron chi connectivity index (χ4n) is 3.11. The molecule has 3 heteroatoms. The van der Waals surface area contributed by atoms with Gasteiger partial charge in [-0.3, -0.25) is 4.90 Å². The summed E-state index contributed by atoms with van der Waals surface area (Å²) in [5.74, 6) is 0.366. The lowest BCUT2D eigenvalue weighted by molar-refractivity contribution is 0.0403. The average molecular weight is 227 g/mol. The zero-order valence-corrected chi connectivity index (χ0v) is 10.6. The Morgan fingerprint density at radius 1 is 1.38 bits per heavy atom. The maximum Gasteiger partial charge on any atom is 0.0718 e. The number of β-amino-alcohol motifs (C(OH)–C–C–N with tert-alkyl or cyclic N) is 1. The van der Waals surface area contributed by atoms with Crippen molar-refractivity contribution in [3.63, 3.8) is 0 Å². The van der Waals surface area contributed by atoms with E-state index < -0.39 is 0 Å². The summed E-state index contributed by atoms with van der Waals surface area (Å²) >= 11 is 0. The molecule has 2 fully saturated rings. The molecule has 0 saturated carbocycles. The van der Waals surface area contributed by atoms with Crippen LogP contribution in [0.1, 0.15) is 39.5 Å². The molecule has 0 amide bonds. The third-order valence-electron chi connectivity index (χ3n) is 4.33. The number of likely N-dealkylation sites (tertiary alicyclic amines) is 1. The summed E-state index contributed by atoms with van der Waals surface area (Å²) in [6.45, 7) is 6.96. The van der Waals surface area contributed by atoms with Crippen molar-refractivity contribution in [2.45, 2.75) is 57.7 Å². The zero-order chi connectivity index (χ0) is 11.5. The van der Waals surface area contributed by atoms with E-state index in [0.717, 1.165) is 26.2 Å². The molecular formula is C13H25NO2. The van der Waals surface area contributed by atoms with Gasteiger partial charge >= 0.3 is 0 Å². The fourth-order valence-corrected chi connectivity index (χ4v) is 3.11. The van der Waals surface area contributed by atoms with E-state index in [0.29, 0.717) is 18.0 Å². The van der Waals surface area contributed by atoms with E-state index >= 15 is 0 Å². The molecule has 2 aliphatic rings. The number of hydrogen-bond acceptors (Lipinski definition) is 3. The van der Waals surface area contributed by atoms with Crippen LogP contribution in [-0.4, -0.2) is 48.0 Å². The van der Waals surface area contributed by atoms with Gasteiger partial charge in [0, 0.05) is 31.2 Å². The molecule has 2 heterocycles. The van der Waals surface area contributed by atoms with Crippen LogP contribution in [0.25, 0.3) is 0 Å². The Morgan fingerprint density at radius 2 is 2.19 bits per heavy atom. The molecule has 2 saturated heterocycles. The summed E-state index contributed by atoms with van der Waals surface area (Å²) in [4.78, 5) is 2.50. The topological polar surface area (TPSA) is 32.7 Å². The largest absolute Gasteiger partial charge is 0.391 e. The Kier molecular flexibility index (Phi) is 4.22. The molecular weight excluding hydrogens is 202 g/mol. The molecule has 0 aromatic rings. The molecule has 4 atom stereocenters. The van der Waals surface area contributed by atoms with Gasteiger partial charge in [-0.15, -0.1) is 0 Å². The van der Waals surface area contributed by atoms with E-state index in [2.05, 4.69) is 18.7 Å². The van der Waals surface area contributed by atoms with Gasteiger partial charge in [0.15, 0.2) is 0 Å². The van der Waals surface area contributed by atoms with Crippen LogP contribution in [0.4, 0.5) is 0 Å². The quantitative estimate of drug-likeness (QED) is 0.792. The van der Waals surface area contributed by atoms with Gasteiger partial charge in [0.25, 0.3) is 0 Å². The number of aliphatic hydroxyl groups is 1. The van der Waals surface area contributed by atoms with Crippen LogP contribution in [0.15, 0.2) is 0 Å². The van der Waals surface area contributed by atoms with Crippen LogP contribution < -0.4 is 0 Å². The Hall–Kier alpha value is -0.120. The first kappa shape index (κ1) is 12.3. The predicted molar refractivity (Wildman–Crippen MR) is 64.4 cm³/mol. The van der Waals surface area contributed by atoms with Crippen LogP contribution in [0.3, 0.4) is 0 Å². The lowest BCUT2D eigenvalue weighted by atomic mass is 10.0. The summed E-state index contributed by atoms with van der Waals surface area (Å²) in [5, 5.41) is 10.2. The number of rotatable bonds is 4. The van der Waals surface area contributed by atoms with Crippen LogP contribution in [-0.2, 0) is 4.74 Å². The summed E-state index contributed by atoms with van der Waals surface area (Å²) < 4.78 is 5.34. The number of nitrogens with zero attached hydrogens (tertiary/aromatic N) is 1. The molecule has 94 valence electrons. The van der Waals surface area contributed by atoms with Crippen LogP contribution in [0, 0.1) is 5.92 Å². The molecule has 2 aliphatic heterocycles. The van der Waals surface area contributed by atoms with E-state index in [-0.39, 0.29) is 6.10 Å². The van der Waals surface area contributed by atoms with Gasteiger partial charge in [-0.2, -0.15) is 0 Å². The molecule has 0 spiro atoms. The maximum absolute atomic E-state index is 10.2. The molecule has 2 rings (SSSR count). The third kappa shape index (κ3) is 2.58. The standard InChI is InChI=1S/C13H25NO2/c1-3-12-5-4-10(2)14(12)8-13(15)11-6-7-16-9-11/h10-13,15H,3-9H2,1-2H3. The number of ether oxygens (including phenoxy) is 1. The molecule has 4 unspecified atom stereocenters. The molecule has 0 radical (unpaired) electrons. The second-order valence-corrected chi connectivity index (χ2v) is 5.38. The monoisotopic (exact) mass is 227 g/mol. The first-order valence-electron chi connectivity index (χ1n) is 6.74. The van der Waals surface area contributed by atoms with Crippen LogP contribution in [0.2, 0.25) is 0 Å². The van der Waals surface area contributed by atoms with Crippen molar-refractivity contribution in [2.24, 2.45) is 5.92 Å². The molecule has 0 aromatic heterocycles. The highest BCUT2D eigenvalue weighted by atomic mass is 16.5. The van der Waals surface area contributed by atoms with Crippen LogP contribution >= 0.6 is 0 Å². The molecule has 0 aliphatic carbocycles. The van der Waals surface area contributed by atoms with Gasteiger partial charge in [0.05, 0.1) is 12.7 Å². The summed E-state index contributed by atoms with van der Waals surface area (Å²) in [5.41, 5.74) is 0. The molecule has 16 heavy (non-hydrogen) atoms. The first-order valence-corrected chi connectivity index (χ1v) is 6.74. The summed E-state index contributed by atoms with van der Waals surface area (Å²) in [6.07, 6.45) is 4.62. The maximum atomic E-state index is 10.2. The predicted octanol–water partition coefficient (Wildman–Crippen LogP) is 1.65. The van der Waals surface area contributed by atoms with Crippen molar-refractivity contribution >= 4 is 0 Å². The molecule has 0 bridgehead atoms. The highest BCUT2D eigenvalue weighted by Crippen LogP contribution is 2.27. The van der Waals surface area contributed by atoms with Crippen molar-refractivity contribution < 1.29 is 9.84 Å². The van der Waals surface area contributed by atoms with Crippen molar-refractivity contribution in [3.8, 4) is 0 Å². The van der Waals surface area contributed by atoms with Gasteiger partial charge in [0.2, 0.25) is 0 Å².